The van der Waals surface area contributed by atoms with Gasteiger partial charge in [-0.2, -0.15) is 0 Å². The Kier molecular flexibility index (Phi) is 4.95. The minimum atomic E-state index is -3.05. The molecule has 0 radical (unpaired) electrons. The lowest BCUT2D eigenvalue weighted by atomic mass is 10.3. The third-order valence-corrected chi connectivity index (χ3v) is 3.87. The fourth-order valence-corrected chi connectivity index (χ4v) is 3.34. The molecule has 3 nitrogen and oxygen atoms in total. The van der Waals surface area contributed by atoms with Gasteiger partial charge in [0, 0.05) is 17.3 Å². The molecular formula is C10H12Cl3NO2S. The lowest BCUT2D eigenvalue weighted by Gasteiger charge is -2.16. The zero-order valence-corrected chi connectivity index (χ0v) is 12.4. The summed E-state index contributed by atoms with van der Waals surface area (Å²) in [5, 5.41) is 4.12. The summed E-state index contributed by atoms with van der Waals surface area (Å²) in [6, 6.07) is 2.80. The molecule has 0 aliphatic rings. The molecule has 0 bridgehead atoms. The lowest BCUT2D eigenvalue weighted by molar-refractivity contribution is 0.598. The van der Waals surface area contributed by atoms with Gasteiger partial charge < -0.3 is 5.32 Å². The first kappa shape index (κ1) is 14.9. The number of sulfone groups is 1. The van der Waals surface area contributed by atoms with Crippen LogP contribution >= 0.6 is 34.8 Å². The maximum absolute atomic E-state index is 11.1. The summed E-state index contributed by atoms with van der Waals surface area (Å²) in [7, 11) is -3.05. The van der Waals surface area contributed by atoms with Gasteiger partial charge in [0.2, 0.25) is 0 Å². The molecule has 0 amide bonds. The molecule has 96 valence electrons. The van der Waals surface area contributed by atoms with E-state index in [9.17, 15) is 8.42 Å². The smallest absolute Gasteiger partial charge is 0.149 e. The largest absolute Gasteiger partial charge is 0.379 e. The number of anilines is 1. The normalized spacial score (nSPS) is 13.5. The van der Waals surface area contributed by atoms with E-state index in [0.717, 1.165) is 0 Å². The van der Waals surface area contributed by atoms with E-state index >= 15 is 0 Å². The second-order valence-electron chi connectivity index (χ2n) is 3.88. The van der Waals surface area contributed by atoms with Crippen molar-refractivity contribution >= 4 is 50.3 Å². The van der Waals surface area contributed by atoms with E-state index in [1.165, 1.54) is 6.26 Å². The highest BCUT2D eigenvalue weighted by atomic mass is 35.5. The Morgan fingerprint density at radius 1 is 1.24 bits per heavy atom. The van der Waals surface area contributed by atoms with E-state index in [-0.39, 0.29) is 11.8 Å². The van der Waals surface area contributed by atoms with Gasteiger partial charge in [-0.15, -0.1) is 0 Å². The summed E-state index contributed by atoms with van der Waals surface area (Å²) < 4.78 is 22.3. The van der Waals surface area contributed by atoms with Crippen molar-refractivity contribution in [3.05, 3.63) is 27.2 Å². The number of rotatable bonds is 4. The van der Waals surface area contributed by atoms with Gasteiger partial charge >= 0.3 is 0 Å². The lowest BCUT2D eigenvalue weighted by Crippen LogP contribution is -2.25. The third kappa shape index (κ3) is 4.92. The molecule has 0 aliphatic carbocycles. The summed E-state index contributed by atoms with van der Waals surface area (Å²) in [5.74, 6) is 0.00227. The van der Waals surface area contributed by atoms with Crippen molar-refractivity contribution in [2.24, 2.45) is 0 Å². The second kappa shape index (κ2) is 5.65. The molecule has 17 heavy (non-hydrogen) atoms. The second-order valence-corrected chi connectivity index (χ2v) is 7.32. The van der Waals surface area contributed by atoms with Crippen LogP contribution in [0.1, 0.15) is 6.92 Å². The van der Waals surface area contributed by atoms with Gasteiger partial charge in [0.05, 0.1) is 21.5 Å². The van der Waals surface area contributed by atoms with Gasteiger partial charge in [0.25, 0.3) is 0 Å². The first-order valence-electron chi connectivity index (χ1n) is 4.78. The molecule has 0 heterocycles. The Labute approximate surface area is 116 Å². The van der Waals surface area contributed by atoms with Crippen molar-refractivity contribution < 1.29 is 8.42 Å². The molecule has 1 N–H and O–H groups in total. The zero-order chi connectivity index (χ0) is 13.2. The van der Waals surface area contributed by atoms with Crippen molar-refractivity contribution in [2.45, 2.75) is 13.0 Å². The summed E-state index contributed by atoms with van der Waals surface area (Å²) in [5.41, 5.74) is 0.494. The van der Waals surface area contributed by atoms with Crippen molar-refractivity contribution in [3.8, 4) is 0 Å². The van der Waals surface area contributed by atoms with Crippen LogP contribution in [0.15, 0.2) is 12.1 Å². The van der Waals surface area contributed by atoms with Crippen LogP contribution in [0.5, 0.6) is 0 Å². The van der Waals surface area contributed by atoms with Crippen molar-refractivity contribution in [3.63, 3.8) is 0 Å². The Bertz CT molecular complexity index is 493. The van der Waals surface area contributed by atoms with Crippen molar-refractivity contribution in [1.29, 1.82) is 0 Å². The molecule has 0 aromatic heterocycles. The number of hydrogen-bond acceptors (Lipinski definition) is 3. The minimum absolute atomic E-state index is 0.00227. The molecule has 0 spiro atoms. The SMILES string of the molecule is CC(CS(C)(=O)=O)Nc1c(Cl)cc(Cl)cc1Cl. The Hall–Kier alpha value is -0.160. The van der Waals surface area contributed by atoms with Gasteiger partial charge in [-0.3, -0.25) is 0 Å². The van der Waals surface area contributed by atoms with E-state index in [4.69, 9.17) is 34.8 Å². The predicted molar refractivity (Wildman–Crippen MR) is 74.3 cm³/mol. The van der Waals surface area contributed by atoms with E-state index in [0.29, 0.717) is 20.8 Å². The molecule has 1 aromatic rings. The fourth-order valence-electron chi connectivity index (χ4n) is 1.42. The quantitative estimate of drug-likeness (QED) is 0.925. The summed E-state index contributed by atoms with van der Waals surface area (Å²) >= 11 is 17.7. The van der Waals surface area contributed by atoms with E-state index in [1.807, 2.05) is 0 Å². The van der Waals surface area contributed by atoms with Gasteiger partial charge in [0.15, 0.2) is 0 Å². The Morgan fingerprint density at radius 3 is 2.12 bits per heavy atom. The average Bonchev–Trinajstić information content (AvgIpc) is 2.08. The maximum atomic E-state index is 11.1. The summed E-state index contributed by atoms with van der Waals surface area (Å²) in [4.78, 5) is 0. The Morgan fingerprint density at radius 2 is 1.71 bits per heavy atom. The molecule has 0 saturated heterocycles. The molecular weight excluding hydrogens is 305 g/mol. The van der Waals surface area contributed by atoms with Crippen molar-refractivity contribution in [1.82, 2.24) is 0 Å². The molecule has 7 heteroatoms. The predicted octanol–water partition coefficient (Wildman–Crippen LogP) is 3.49. The molecule has 1 aromatic carbocycles. The van der Waals surface area contributed by atoms with E-state index in [1.54, 1.807) is 19.1 Å². The number of benzene rings is 1. The van der Waals surface area contributed by atoms with Crippen LogP contribution in [0.2, 0.25) is 15.1 Å². The molecule has 0 aliphatic heterocycles. The highest BCUT2D eigenvalue weighted by Crippen LogP contribution is 2.34. The first-order valence-corrected chi connectivity index (χ1v) is 7.97. The topological polar surface area (TPSA) is 46.2 Å². The van der Waals surface area contributed by atoms with Gasteiger partial charge in [-0.1, -0.05) is 34.8 Å². The van der Waals surface area contributed by atoms with Crippen LogP contribution in [-0.4, -0.2) is 26.5 Å². The molecule has 0 fully saturated rings. The van der Waals surface area contributed by atoms with Crippen molar-refractivity contribution in [2.75, 3.05) is 17.3 Å². The van der Waals surface area contributed by atoms with Crippen LogP contribution in [0, 0.1) is 0 Å². The van der Waals surface area contributed by atoms with Crippen LogP contribution in [0.4, 0.5) is 5.69 Å². The van der Waals surface area contributed by atoms with E-state index in [2.05, 4.69) is 5.32 Å². The molecule has 0 saturated carbocycles. The highest BCUT2D eigenvalue weighted by molar-refractivity contribution is 7.90. The molecule has 1 rings (SSSR count). The molecule has 1 atom stereocenters. The van der Waals surface area contributed by atoms with Gasteiger partial charge in [-0.05, 0) is 19.1 Å². The summed E-state index contributed by atoms with van der Waals surface area (Å²) in [6.07, 6.45) is 1.18. The maximum Gasteiger partial charge on any atom is 0.149 e. The number of halogens is 3. The van der Waals surface area contributed by atoms with Crippen LogP contribution < -0.4 is 5.32 Å². The van der Waals surface area contributed by atoms with Gasteiger partial charge in [-0.25, -0.2) is 8.42 Å². The number of nitrogens with one attached hydrogen (secondary N) is 1. The standard InChI is InChI=1S/C10H12Cl3NO2S/c1-6(5-17(2,15)16)14-10-8(12)3-7(11)4-9(10)13/h3-4,6,14H,5H2,1-2H3. The average molecular weight is 317 g/mol. The van der Waals surface area contributed by atoms with E-state index < -0.39 is 9.84 Å². The van der Waals surface area contributed by atoms with Crippen LogP contribution in [0.25, 0.3) is 0 Å². The molecule has 1 unspecified atom stereocenters. The monoisotopic (exact) mass is 315 g/mol. The first-order chi connectivity index (χ1) is 7.69. The highest BCUT2D eigenvalue weighted by Gasteiger charge is 2.14. The van der Waals surface area contributed by atoms with Gasteiger partial charge in [0.1, 0.15) is 9.84 Å². The third-order valence-electron chi connectivity index (χ3n) is 1.95. The zero-order valence-electron chi connectivity index (χ0n) is 9.30. The Balaban J connectivity index is 2.89. The summed E-state index contributed by atoms with van der Waals surface area (Å²) in [6.45, 7) is 1.74. The number of hydrogen-bond donors (Lipinski definition) is 1. The fraction of sp³-hybridized carbons (Fsp3) is 0.400. The van der Waals surface area contributed by atoms with Crippen LogP contribution in [0.3, 0.4) is 0 Å². The minimum Gasteiger partial charge on any atom is -0.379 e. The van der Waals surface area contributed by atoms with Crippen LogP contribution in [-0.2, 0) is 9.84 Å².